The van der Waals surface area contributed by atoms with Crippen molar-refractivity contribution >= 4 is 10.0 Å². The highest BCUT2D eigenvalue weighted by Crippen LogP contribution is 2.28. The number of H-pyrrole nitrogens is 1. The van der Waals surface area contributed by atoms with Crippen LogP contribution in [-0.2, 0) is 16.4 Å². The van der Waals surface area contributed by atoms with E-state index in [2.05, 4.69) is 14.9 Å². The molecule has 0 bridgehead atoms. The molecule has 0 saturated heterocycles. The van der Waals surface area contributed by atoms with Crippen molar-refractivity contribution in [1.82, 2.24) is 14.9 Å². The van der Waals surface area contributed by atoms with Crippen LogP contribution in [0.5, 0.6) is 11.5 Å². The summed E-state index contributed by atoms with van der Waals surface area (Å²) in [6, 6.07) is 4.59. The van der Waals surface area contributed by atoms with Gasteiger partial charge in [-0.25, -0.2) is 13.1 Å². The molecule has 1 heterocycles. The lowest BCUT2D eigenvalue weighted by Gasteiger charge is -2.12. The third-order valence-corrected chi connectivity index (χ3v) is 5.11. The number of ether oxygens (including phenoxy) is 2. The molecule has 0 saturated carbocycles. The van der Waals surface area contributed by atoms with Crippen LogP contribution >= 0.6 is 0 Å². The Labute approximate surface area is 136 Å². The topological polar surface area (TPSA) is 93.3 Å². The van der Waals surface area contributed by atoms with Crippen LogP contribution in [-0.4, -0.2) is 39.4 Å². The summed E-state index contributed by atoms with van der Waals surface area (Å²) >= 11 is 0. The molecule has 2 N–H and O–H groups in total. The van der Waals surface area contributed by atoms with E-state index in [9.17, 15) is 8.42 Å². The van der Waals surface area contributed by atoms with Crippen LogP contribution in [0.1, 0.15) is 17.0 Å². The molecule has 1 aromatic carbocycles. The van der Waals surface area contributed by atoms with Gasteiger partial charge in [-0.1, -0.05) is 0 Å². The van der Waals surface area contributed by atoms with Crippen molar-refractivity contribution < 1.29 is 17.9 Å². The highest BCUT2D eigenvalue weighted by atomic mass is 32.2. The van der Waals surface area contributed by atoms with E-state index in [0.29, 0.717) is 12.2 Å². The minimum atomic E-state index is -3.67. The predicted molar refractivity (Wildman–Crippen MR) is 86.5 cm³/mol. The molecule has 0 aliphatic rings. The van der Waals surface area contributed by atoms with E-state index in [-0.39, 0.29) is 17.2 Å². The number of sulfonamides is 1. The van der Waals surface area contributed by atoms with Gasteiger partial charge >= 0.3 is 0 Å². The first-order chi connectivity index (χ1) is 10.9. The zero-order chi connectivity index (χ0) is 17.0. The van der Waals surface area contributed by atoms with Crippen LogP contribution in [0.4, 0.5) is 0 Å². The van der Waals surface area contributed by atoms with E-state index in [1.165, 1.54) is 20.3 Å². The van der Waals surface area contributed by atoms with Crippen LogP contribution in [0.25, 0.3) is 0 Å². The van der Waals surface area contributed by atoms with Crippen molar-refractivity contribution in [2.24, 2.45) is 0 Å². The molecule has 2 aromatic rings. The first-order valence-corrected chi connectivity index (χ1v) is 8.59. The monoisotopic (exact) mass is 339 g/mol. The molecule has 1 aromatic heterocycles. The van der Waals surface area contributed by atoms with Gasteiger partial charge in [-0.15, -0.1) is 0 Å². The smallest absolute Gasteiger partial charge is 0.244 e. The van der Waals surface area contributed by atoms with Crippen LogP contribution in [0.2, 0.25) is 0 Å². The Kier molecular flexibility index (Phi) is 5.27. The largest absolute Gasteiger partial charge is 0.497 e. The molecular formula is C15H21N3O4S. The number of hydrogen-bond donors (Lipinski definition) is 2. The van der Waals surface area contributed by atoms with E-state index >= 15 is 0 Å². The maximum Gasteiger partial charge on any atom is 0.244 e. The molecule has 126 valence electrons. The third kappa shape index (κ3) is 3.83. The summed E-state index contributed by atoms with van der Waals surface area (Å²) in [5.74, 6) is 0.776. The van der Waals surface area contributed by atoms with E-state index in [4.69, 9.17) is 9.47 Å². The summed E-state index contributed by atoms with van der Waals surface area (Å²) in [5.41, 5.74) is 2.85. The molecule has 0 amide bonds. The van der Waals surface area contributed by atoms with Crippen molar-refractivity contribution in [1.29, 1.82) is 0 Å². The number of nitrogens with one attached hydrogen (secondary N) is 2. The fourth-order valence-electron chi connectivity index (χ4n) is 2.33. The van der Waals surface area contributed by atoms with Gasteiger partial charge in [0.2, 0.25) is 10.0 Å². The second-order valence-corrected chi connectivity index (χ2v) is 6.81. The van der Waals surface area contributed by atoms with Crippen LogP contribution in [0.15, 0.2) is 23.1 Å². The minimum absolute atomic E-state index is 0.0847. The molecule has 0 unspecified atom stereocenters. The maximum absolute atomic E-state index is 12.5. The molecule has 0 fully saturated rings. The average molecular weight is 339 g/mol. The van der Waals surface area contributed by atoms with Crippen LogP contribution in [0, 0.1) is 13.8 Å². The van der Waals surface area contributed by atoms with E-state index in [0.717, 1.165) is 17.0 Å². The van der Waals surface area contributed by atoms with Crippen LogP contribution < -0.4 is 14.2 Å². The highest BCUT2D eigenvalue weighted by molar-refractivity contribution is 7.89. The van der Waals surface area contributed by atoms with Crippen molar-refractivity contribution in [3.05, 3.63) is 35.2 Å². The van der Waals surface area contributed by atoms with Crippen molar-refractivity contribution in [2.45, 2.75) is 25.2 Å². The Hall–Kier alpha value is -2.06. The van der Waals surface area contributed by atoms with Crippen molar-refractivity contribution in [3.63, 3.8) is 0 Å². The van der Waals surface area contributed by atoms with Gasteiger partial charge in [-0.05, 0) is 38.0 Å². The van der Waals surface area contributed by atoms with Crippen molar-refractivity contribution in [2.75, 3.05) is 20.8 Å². The van der Waals surface area contributed by atoms with Gasteiger partial charge < -0.3 is 9.47 Å². The first-order valence-electron chi connectivity index (χ1n) is 7.11. The molecule has 0 spiro atoms. The number of aryl methyl sites for hydroxylation is 2. The van der Waals surface area contributed by atoms with E-state index < -0.39 is 10.0 Å². The van der Waals surface area contributed by atoms with Gasteiger partial charge in [0.15, 0.2) is 0 Å². The molecule has 0 atom stereocenters. The maximum atomic E-state index is 12.5. The zero-order valence-electron chi connectivity index (χ0n) is 13.6. The first kappa shape index (κ1) is 17.3. The Morgan fingerprint density at radius 2 is 1.96 bits per heavy atom. The second kappa shape index (κ2) is 7.01. The molecule has 0 aliphatic heterocycles. The molecular weight excluding hydrogens is 318 g/mol. The lowest BCUT2D eigenvalue weighted by Crippen LogP contribution is -2.26. The van der Waals surface area contributed by atoms with Gasteiger partial charge in [0, 0.05) is 18.3 Å². The molecule has 0 radical (unpaired) electrons. The number of aromatic amines is 1. The number of benzene rings is 1. The normalized spacial score (nSPS) is 11.5. The van der Waals surface area contributed by atoms with E-state index in [1.54, 1.807) is 12.1 Å². The Bertz CT molecular complexity index is 765. The fourth-order valence-corrected chi connectivity index (χ4v) is 3.51. The lowest BCUT2D eigenvalue weighted by atomic mass is 10.1. The number of rotatable bonds is 7. The van der Waals surface area contributed by atoms with Crippen molar-refractivity contribution in [3.8, 4) is 11.5 Å². The minimum Gasteiger partial charge on any atom is -0.497 e. The summed E-state index contributed by atoms with van der Waals surface area (Å²) in [6.07, 6.45) is 0.561. The Morgan fingerprint density at radius 1 is 1.22 bits per heavy atom. The van der Waals surface area contributed by atoms with Gasteiger partial charge in [0.25, 0.3) is 0 Å². The van der Waals surface area contributed by atoms with Gasteiger partial charge in [0.05, 0.1) is 19.9 Å². The second-order valence-electron chi connectivity index (χ2n) is 5.08. The number of aromatic nitrogens is 2. The zero-order valence-corrected chi connectivity index (χ0v) is 14.5. The lowest BCUT2D eigenvalue weighted by molar-refractivity contribution is 0.386. The van der Waals surface area contributed by atoms with Gasteiger partial charge in [-0.2, -0.15) is 5.10 Å². The molecule has 7 nitrogen and oxygen atoms in total. The summed E-state index contributed by atoms with van der Waals surface area (Å²) in [4.78, 5) is 0.0847. The summed E-state index contributed by atoms with van der Waals surface area (Å²) in [7, 11) is -0.735. The van der Waals surface area contributed by atoms with E-state index in [1.807, 2.05) is 13.8 Å². The number of hydrogen-bond acceptors (Lipinski definition) is 5. The molecule has 23 heavy (non-hydrogen) atoms. The quantitative estimate of drug-likeness (QED) is 0.798. The SMILES string of the molecule is COc1ccc(S(=O)(=O)NCCc2c(C)n[nH]c2C)c(OC)c1. The summed E-state index contributed by atoms with van der Waals surface area (Å²) in [6.45, 7) is 4.08. The van der Waals surface area contributed by atoms with Gasteiger partial charge in [0.1, 0.15) is 16.4 Å². The van der Waals surface area contributed by atoms with Crippen LogP contribution in [0.3, 0.4) is 0 Å². The number of methoxy groups -OCH3 is 2. The predicted octanol–water partition coefficient (Wildman–Crippen LogP) is 1.56. The highest BCUT2D eigenvalue weighted by Gasteiger charge is 2.20. The molecule has 8 heteroatoms. The standard InChI is InChI=1S/C15H21N3O4S/c1-10-13(11(2)18-17-10)7-8-16-23(19,20)15-6-5-12(21-3)9-14(15)22-4/h5-6,9,16H,7-8H2,1-4H3,(H,17,18). The Balaban J connectivity index is 2.13. The third-order valence-electron chi connectivity index (χ3n) is 3.61. The summed E-state index contributed by atoms with van der Waals surface area (Å²) < 4.78 is 37.7. The number of nitrogens with zero attached hydrogens (tertiary/aromatic N) is 1. The summed E-state index contributed by atoms with van der Waals surface area (Å²) in [5, 5.41) is 6.99. The van der Waals surface area contributed by atoms with Gasteiger partial charge in [-0.3, -0.25) is 5.10 Å². The fraction of sp³-hybridized carbons (Fsp3) is 0.400. The molecule has 0 aliphatic carbocycles. The average Bonchev–Trinajstić information content (AvgIpc) is 2.85. The Morgan fingerprint density at radius 3 is 2.52 bits per heavy atom. The molecule has 2 rings (SSSR count).